The maximum atomic E-state index is 13.5. The van der Waals surface area contributed by atoms with E-state index in [1.807, 2.05) is 0 Å². The lowest BCUT2D eigenvalue weighted by molar-refractivity contribution is -0.141. The molecule has 2 aromatic heterocycles. The maximum absolute atomic E-state index is 13.5. The Morgan fingerprint density at radius 3 is 2.53 bits per heavy atom. The van der Waals surface area contributed by atoms with Crippen molar-refractivity contribution in [1.82, 2.24) is 19.6 Å². The highest BCUT2D eigenvalue weighted by Crippen LogP contribution is 2.40. The molecule has 0 atom stereocenters. The van der Waals surface area contributed by atoms with Gasteiger partial charge in [0.05, 0.1) is 23.9 Å². The molecule has 0 N–H and O–H groups in total. The second kappa shape index (κ2) is 7.94. The van der Waals surface area contributed by atoms with Gasteiger partial charge >= 0.3 is 18.8 Å². The predicted octanol–water partition coefficient (Wildman–Crippen LogP) is 4.33. The minimum absolute atomic E-state index is 0.0496. The van der Waals surface area contributed by atoms with Crippen molar-refractivity contribution in [3.63, 3.8) is 0 Å². The van der Waals surface area contributed by atoms with Gasteiger partial charge < -0.3 is 9.47 Å². The van der Waals surface area contributed by atoms with Crippen molar-refractivity contribution in [3.8, 4) is 22.8 Å². The van der Waals surface area contributed by atoms with Crippen LogP contribution in [0.2, 0.25) is 5.02 Å². The van der Waals surface area contributed by atoms with Gasteiger partial charge in [-0.2, -0.15) is 27.1 Å². The van der Waals surface area contributed by atoms with Crippen molar-refractivity contribution in [3.05, 3.63) is 46.7 Å². The molecule has 2 heterocycles. The molecule has 3 rings (SSSR count). The Morgan fingerprint density at radius 1 is 1.23 bits per heavy atom. The molecule has 0 saturated carbocycles. The standard InChI is InChI=1S/C17H12ClF5N4O3/c1-26-14(12(17(21,22)23)13(25-26)30-16(19)20)27-7-9(6-24-27)8-3-4-11(18)10(5-8)15(28)29-2/h3-7,16H,1-2H3. The Labute approximate surface area is 170 Å². The minimum Gasteiger partial charge on any atom is -0.465 e. The second-order valence-corrected chi connectivity index (χ2v) is 6.27. The van der Waals surface area contributed by atoms with Crippen LogP contribution in [0.25, 0.3) is 16.9 Å². The Bertz CT molecular complexity index is 1090. The SMILES string of the molecule is COC(=O)c1cc(-c2cnn(-c3c(C(F)(F)F)c(OC(F)F)nn3C)c2)ccc1Cl. The first kappa shape index (κ1) is 21.6. The van der Waals surface area contributed by atoms with Crippen molar-refractivity contribution in [2.24, 2.45) is 7.05 Å². The Morgan fingerprint density at radius 2 is 1.93 bits per heavy atom. The van der Waals surface area contributed by atoms with Crippen LogP contribution in [0.15, 0.2) is 30.6 Å². The molecule has 0 aliphatic carbocycles. The smallest absolute Gasteiger partial charge is 0.425 e. The van der Waals surface area contributed by atoms with E-state index >= 15 is 0 Å². The van der Waals surface area contributed by atoms with E-state index in [0.717, 1.165) is 16.4 Å². The monoisotopic (exact) mass is 450 g/mol. The van der Waals surface area contributed by atoms with Gasteiger partial charge in [-0.25, -0.2) is 14.2 Å². The number of methoxy groups -OCH3 is 1. The molecule has 0 aliphatic heterocycles. The fraction of sp³-hybridized carbons (Fsp3) is 0.235. The summed E-state index contributed by atoms with van der Waals surface area (Å²) in [4.78, 5) is 11.8. The summed E-state index contributed by atoms with van der Waals surface area (Å²) in [5.74, 6) is -2.60. The number of carbonyl (C=O) groups excluding carboxylic acids is 1. The zero-order chi connectivity index (χ0) is 22.2. The van der Waals surface area contributed by atoms with Gasteiger partial charge in [0, 0.05) is 18.8 Å². The number of hydrogen-bond acceptors (Lipinski definition) is 5. The topological polar surface area (TPSA) is 71.2 Å². The molecule has 7 nitrogen and oxygen atoms in total. The molecular formula is C17H12ClF5N4O3. The first-order valence-electron chi connectivity index (χ1n) is 8.05. The van der Waals surface area contributed by atoms with Crippen LogP contribution in [0.5, 0.6) is 5.88 Å². The largest absolute Gasteiger partial charge is 0.465 e. The van der Waals surface area contributed by atoms with Gasteiger partial charge in [0.1, 0.15) is 0 Å². The number of benzene rings is 1. The number of alkyl halides is 5. The third-order valence-electron chi connectivity index (χ3n) is 3.97. The molecule has 0 amide bonds. The van der Waals surface area contributed by atoms with Crippen molar-refractivity contribution in [2.45, 2.75) is 12.8 Å². The van der Waals surface area contributed by atoms with Crippen LogP contribution in [0.4, 0.5) is 22.0 Å². The molecule has 0 unspecified atom stereocenters. The quantitative estimate of drug-likeness (QED) is 0.427. The van der Waals surface area contributed by atoms with E-state index in [-0.39, 0.29) is 10.6 Å². The number of nitrogens with zero attached hydrogens (tertiary/aromatic N) is 4. The normalized spacial score (nSPS) is 11.8. The fourth-order valence-corrected chi connectivity index (χ4v) is 2.92. The predicted molar refractivity (Wildman–Crippen MR) is 93.7 cm³/mol. The first-order valence-corrected chi connectivity index (χ1v) is 8.43. The lowest BCUT2D eigenvalue weighted by atomic mass is 10.1. The van der Waals surface area contributed by atoms with Gasteiger partial charge in [-0.3, -0.25) is 0 Å². The summed E-state index contributed by atoms with van der Waals surface area (Å²) in [5.41, 5.74) is -0.729. The highest BCUT2D eigenvalue weighted by molar-refractivity contribution is 6.33. The summed E-state index contributed by atoms with van der Waals surface area (Å²) < 4.78 is 75.7. The Hall–Kier alpha value is -3.15. The van der Waals surface area contributed by atoms with Crippen molar-refractivity contribution in [1.29, 1.82) is 0 Å². The fourth-order valence-electron chi connectivity index (χ4n) is 2.73. The number of ether oxygens (including phenoxy) is 2. The number of esters is 1. The van der Waals surface area contributed by atoms with Gasteiger partial charge in [0.15, 0.2) is 11.4 Å². The Balaban J connectivity index is 2.09. The van der Waals surface area contributed by atoms with Gasteiger partial charge in [-0.15, -0.1) is 5.10 Å². The molecule has 0 radical (unpaired) electrons. The average Bonchev–Trinajstić information content (AvgIpc) is 3.25. The molecule has 0 fully saturated rings. The molecule has 30 heavy (non-hydrogen) atoms. The molecule has 13 heteroatoms. The number of carbonyl (C=O) groups is 1. The van der Waals surface area contributed by atoms with Crippen molar-refractivity contribution in [2.75, 3.05) is 7.11 Å². The summed E-state index contributed by atoms with van der Waals surface area (Å²) >= 11 is 5.96. The van der Waals surface area contributed by atoms with E-state index in [9.17, 15) is 26.7 Å². The van der Waals surface area contributed by atoms with Gasteiger partial charge in [-0.1, -0.05) is 17.7 Å². The minimum atomic E-state index is -5.04. The maximum Gasteiger partial charge on any atom is 0.425 e. The summed E-state index contributed by atoms with van der Waals surface area (Å²) in [6.07, 6.45) is -2.61. The van der Waals surface area contributed by atoms with Crippen LogP contribution >= 0.6 is 11.6 Å². The summed E-state index contributed by atoms with van der Waals surface area (Å²) in [5, 5.41) is 7.38. The van der Waals surface area contributed by atoms with E-state index in [2.05, 4.69) is 19.7 Å². The third-order valence-corrected chi connectivity index (χ3v) is 4.30. The first-order chi connectivity index (χ1) is 14.0. The summed E-state index contributed by atoms with van der Waals surface area (Å²) in [6, 6.07) is 4.32. The number of rotatable bonds is 5. The van der Waals surface area contributed by atoms with Crippen molar-refractivity contribution < 1.29 is 36.2 Å². The van der Waals surface area contributed by atoms with Gasteiger partial charge in [-0.05, 0) is 17.7 Å². The molecule has 0 spiro atoms. The highest BCUT2D eigenvalue weighted by Gasteiger charge is 2.42. The number of halogens is 6. The van der Waals surface area contributed by atoms with Crippen LogP contribution in [0, 0.1) is 0 Å². The number of aryl methyl sites for hydroxylation is 1. The molecule has 160 valence electrons. The van der Waals surface area contributed by atoms with Gasteiger partial charge in [0.25, 0.3) is 5.88 Å². The van der Waals surface area contributed by atoms with Crippen LogP contribution in [0.1, 0.15) is 15.9 Å². The molecule has 3 aromatic rings. The zero-order valence-corrected chi connectivity index (χ0v) is 16.0. The van der Waals surface area contributed by atoms with Crippen LogP contribution < -0.4 is 4.74 Å². The summed E-state index contributed by atoms with van der Waals surface area (Å²) in [7, 11) is 2.30. The molecular weight excluding hydrogens is 439 g/mol. The van der Waals surface area contributed by atoms with E-state index in [0.29, 0.717) is 11.1 Å². The van der Waals surface area contributed by atoms with Crippen LogP contribution in [0.3, 0.4) is 0 Å². The molecule has 0 saturated heterocycles. The average molecular weight is 451 g/mol. The lowest BCUT2D eigenvalue weighted by Crippen LogP contribution is -2.14. The van der Waals surface area contributed by atoms with E-state index in [1.165, 1.54) is 37.7 Å². The van der Waals surface area contributed by atoms with E-state index in [1.54, 1.807) is 0 Å². The van der Waals surface area contributed by atoms with E-state index < -0.39 is 36.0 Å². The molecule has 0 bridgehead atoms. The number of aromatic nitrogens is 4. The molecule has 0 aliphatic rings. The molecule has 1 aromatic carbocycles. The second-order valence-electron chi connectivity index (χ2n) is 5.86. The number of hydrogen-bond donors (Lipinski definition) is 0. The highest BCUT2D eigenvalue weighted by atomic mass is 35.5. The van der Waals surface area contributed by atoms with Crippen LogP contribution in [-0.4, -0.2) is 39.3 Å². The van der Waals surface area contributed by atoms with Crippen molar-refractivity contribution >= 4 is 17.6 Å². The Kier molecular flexibility index (Phi) is 5.70. The van der Waals surface area contributed by atoms with E-state index in [4.69, 9.17) is 11.6 Å². The van der Waals surface area contributed by atoms with Crippen LogP contribution in [-0.2, 0) is 18.0 Å². The zero-order valence-electron chi connectivity index (χ0n) is 15.2. The third kappa shape index (κ3) is 4.08. The summed E-state index contributed by atoms with van der Waals surface area (Å²) in [6.45, 7) is -3.49. The van der Waals surface area contributed by atoms with Gasteiger partial charge in [0.2, 0.25) is 0 Å². The lowest BCUT2D eigenvalue weighted by Gasteiger charge is -2.10.